The van der Waals surface area contributed by atoms with Gasteiger partial charge in [-0.15, -0.1) is 0 Å². The quantitative estimate of drug-likeness (QED) is 0.722. The van der Waals surface area contributed by atoms with Gasteiger partial charge in [-0.1, -0.05) is 0 Å². The van der Waals surface area contributed by atoms with Crippen molar-refractivity contribution in [3.05, 3.63) is 23.3 Å². The Hall–Kier alpha value is -1.69. The molecule has 3 heteroatoms. The van der Waals surface area contributed by atoms with E-state index in [-0.39, 0.29) is 0 Å². The van der Waals surface area contributed by atoms with Crippen molar-refractivity contribution in [2.45, 2.75) is 18.8 Å². The predicted molar refractivity (Wildman–Crippen MR) is 54.1 cm³/mol. The zero-order valence-electron chi connectivity index (χ0n) is 8.08. The van der Waals surface area contributed by atoms with Crippen LogP contribution in [0, 0.1) is 11.3 Å². The SMILES string of the molecule is COc1cc(N)c(C#N)c(C2CC2)c1. The number of benzene rings is 1. The maximum atomic E-state index is 8.97. The molecule has 0 radical (unpaired) electrons. The van der Waals surface area contributed by atoms with Crippen molar-refractivity contribution in [1.82, 2.24) is 0 Å². The van der Waals surface area contributed by atoms with Gasteiger partial charge in [0.15, 0.2) is 0 Å². The third kappa shape index (κ3) is 1.39. The Morgan fingerprint density at radius 3 is 2.71 bits per heavy atom. The molecule has 1 aliphatic carbocycles. The Balaban J connectivity index is 2.53. The van der Waals surface area contributed by atoms with Gasteiger partial charge in [0, 0.05) is 6.07 Å². The van der Waals surface area contributed by atoms with Gasteiger partial charge in [-0.3, -0.25) is 0 Å². The first-order valence-electron chi connectivity index (χ1n) is 4.63. The number of nitrogens with two attached hydrogens (primary N) is 1. The third-order valence-electron chi connectivity index (χ3n) is 2.54. The molecule has 0 aliphatic heterocycles. The molecule has 1 fully saturated rings. The minimum absolute atomic E-state index is 0.516. The predicted octanol–water partition coefficient (Wildman–Crippen LogP) is 2.03. The molecule has 0 atom stereocenters. The first kappa shape index (κ1) is 8.89. The number of anilines is 1. The zero-order valence-corrected chi connectivity index (χ0v) is 8.08. The molecule has 72 valence electrons. The van der Waals surface area contributed by atoms with Gasteiger partial charge >= 0.3 is 0 Å². The number of rotatable bonds is 2. The summed E-state index contributed by atoms with van der Waals surface area (Å²) in [7, 11) is 1.61. The molecule has 0 saturated heterocycles. The minimum atomic E-state index is 0.516. The van der Waals surface area contributed by atoms with Crippen LogP contribution in [0.4, 0.5) is 5.69 Å². The van der Waals surface area contributed by atoms with Crippen LogP contribution in [0.1, 0.15) is 29.9 Å². The van der Waals surface area contributed by atoms with E-state index in [1.54, 1.807) is 13.2 Å². The highest BCUT2D eigenvalue weighted by atomic mass is 16.5. The first-order chi connectivity index (χ1) is 6.76. The van der Waals surface area contributed by atoms with Crippen molar-refractivity contribution in [2.24, 2.45) is 0 Å². The van der Waals surface area contributed by atoms with Crippen LogP contribution in [0.5, 0.6) is 5.75 Å². The van der Waals surface area contributed by atoms with Crippen molar-refractivity contribution in [3.63, 3.8) is 0 Å². The molecule has 0 aromatic heterocycles. The standard InChI is InChI=1S/C11H12N2O/c1-14-8-4-9(7-2-3-7)10(6-12)11(13)5-8/h4-5,7H,2-3,13H2,1H3. The lowest BCUT2D eigenvalue weighted by molar-refractivity contribution is 0.414. The summed E-state index contributed by atoms with van der Waals surface area (Å²) in [5.74, 6) is 1.26. The second-order valence-corrected chi connectivity index (χ2v) is 3.57. The number of hydrogen-bond donors (Lipinski definition) is 1. The molecule has 1 aliphatic rings. The highest BCUT2D eigenvalue weighted by Gasteiger charge is 2.27. The largest absolute Gasteiger partial charge is 0.497 e. The number of nitrogens with zero attached hydrogens (tertiary/aromatic N) is 1. The van der Waals surface area contributed by atoms with Crippen LogP contribution >= 0.6 is 0 Å². The van der Waals surface area contributed by atoms with Crippen molar-refractivity contribution >= 4 is 5.69 Å². The van der Waals surface area contributed by atoms with Crippen LogP contribution in [-0.4, -0.2) is 7.11 Å². The summed E-state index contributed by atoms with van der Waals surface area (Å²) < 4.78 is 5.12. The molecule has 2 rings (SSSR count). The van der Waals surface area contributed by atoms with Crippen LogP contribution in [0.25, 0.3) is 0 Å². The number of nitriles is 1. The van der Waals surface area contributed by atoms with E-state index >= 15 is 0 Å². The number of hydrogen-bond acceptors (Lipinski definition) is 3. The van der Waals surface area contributed by atoms with Gasteiger partial charge in [-0.25, -0.2) is 0 Å². The fraction of sp³-hybridized carbons (Fsp3) is 0.364. The lowest BCUT2D eigenvalue weighted by Crippen LogP contribution is -1.97. The third-order valence-corrected chi connectivity index (χ3v) is 2.54. The molecule has 1 aromatic carbocycles. The summed E-state index contributed by atoms with van der Waals surface area (Å²) in [6.45, 7) is 0. The second kappa shape index (κ2) is 3.22. The van der Waals surface area contributed by atoms with Gasteiger partial charge in [-0.05, 0) is 30.4 Å². The van der Waals surface area contributed by atoms with Crippen LogP contribution < -0.4 is 10.5 Å². The molecule has 3 nitrogen and oxygen atoms in total. The van der Waals surface area contributed by atoms with Crippen LogP contribution in [0.15, 0.2) is 12.1 Å². The smallest absolute Gasteiger partial charge is 0.121 e. The number of nitrogen functional groups attached to an aromatic ring is 1. The van der Waals surface area contributed by atoms with E-state index in [4.69, 9.17) is 15.7 Å². The van der Waals surface area contributed by atoms with Gasteiger partial charge in [0.2, 0.25) is 0 Å². The second-order valence-electron chi connectivity index (χ2n) is 3.57. The first-order valence-corrected chi connectivity index (χ1v) is 4.63. The van der Waals surface area contributed by atoms with E-state index in [2.05, 4.69) is 6.07 Å². The zero-order chi connectivity index (χ0) is 10.1. The minimum Gasteiger partial charge on any atom is -0.497 e. The summed E-state index contributed by atoms with van der Waals surface area (Å²) in [6, 6.07) is 5.78. The monoisotopic (exact) mass is 188 g/mol. The van der Waals surface area contributed by atoms with Crippen LogP contribution in [0.3, 0.4) is 0 Å². The Bertz CT molecular complexity index is 402. The average molecular weight is 188 g/mol. The molecule has 0 unspecified atom stereocenters. The highest BCUT2D eigenvalue weighted by molar-refractivity contribution is 5.62. The topological polar surface area (TPSA) is 59.0 Å². The molecule has 0 heterocycles. The van der Waals surface area contributed by atoms with Gasteiger partial charge in [-0.2, -0.15) is 5.26 Å². The van der Waals surface area contributed by atoms with E-state index in [9.17, 15) is 0 Å². The molecular weight excluding hydrogens is 176 g/mol. The van der Waals surface area contributed by atoms with Crippen molar-refractivity contribution in [3.8, 4) is 11.8 Å². The fourth-order valence-electron chi connectivity index (χ4n) is 1.62. The Morgan fingerprint density at radius 1 is 1.50 bits per heavy atom. The molecule has 1 aromatic rings. The molecule has 14 heavy (non-hydrogen) atoms. The van der Waals surface area contributed by atoms with E-state index in [0.717, 1.165) is 24.2 Å². The Kier molecular flexibility index (Phi) is 2.05. The Labute approximate surface area is 83.1 Å². The van der Waals surface area contributed by atoms with Gasteiger partial charge < -0.3 is 10.5 Å². The van der Waals surface area contributed by atoms with E-state index in [0.29, 0.717) is 17.2 Å². The normalized spacial score (nSPS) is 14.9. The number of methoxy groups -OCH3 is 1. The van der Waals surface area contributed by atoms with E-state index < -0.39 is 0 Å². The average Bonchev–Trinajstić information content (AvgIpc) is 2.99. The molecular formula is C11H12N2O. The molecule has 0 amide bonds. The van der Waals surface area contributed by atoms with Crippen molar-refractivity contribution in [1.29, 1.82) is 5.26 Å². The fourth-order valence-corrected chi connectivity index (χ4v) is 1.62. The van der Waals surface area contributed by atoms with Crippen LogP contribution in [0.2, 0.25) is 0 Å². The van der Waals surface area contributed by atoms with E-state index in [1.807, 2.05) is 6.07 Å². The summed E-state index contributed by atoms with van der Waals surface area (Å²) >= 11 is 0. The van der Waals surface area contributed by atoms with Crippen molar-refractivity contribution < 1.29 is 4.74 Å². The molecule has 1 saturated carbocycles. The molecule has 2 N–H and O–H groups in total. The Morgan fingerprint density at radius 2 is 2.21 bits per heavy atom. The number of ether oxygens (including phenoxy) is 1. The lowest BCUT2D eigenvalue weighted by atomic mass is 10.0. The summed E-state index contributed by atoms with van der Waals surface area (Å²) in [5.41, 5.74) is 7.96. The summed E-state index contributed by atoms with van der Waals surface area (Å²) in [4.78, 5) is 0. The van der Waals surface area contributed by atoms with Gasteiger partial charge in [0.1, 0.15) is 11.8 Å². The van der Waals surface area contributed by atoms with Gasteiger partial charge in [0.05, 0.1) is 18.4 Å². The highest BCUT2D eigenvalue weighted by Crippen LogP contribution is 2.44. The van der Waals surface area contributed by atoms with E-state index in [1.165, 1.54) is 0 Å². The maximum absolute atomic E-state index is 8.97. The lowest BCUT2D eigenvalue weighted by Gasteiger charge is -2.08. The molecule has 0 bridgehead atoms. The summed E-state index contributed by atoms with van der Waals surface area (Å²) in [6.07, 6.45) is 2.31. The van der Waals surface area contributed by atoms with Crippen molar-refractivity contribution in [2.75, 3.05) is 12.8 Å². The maximum Gasteiger partial charge on any atom is 0.121 e. The van der Waals surface area contributed by atoms with Crippen LogP contribution in [-0.2, 0) is 0 Å². The van der Waals surface area contributed by atoms with Gasteiger partial charge in [0.25, 0.3) is 0 Å². The summed E-state index contributed by atoms with van der Waals surface area (Å²) in [5, 5.41) is 8.97. The molecule has 0 spiro atoms.